The van der Waals surface area contributed by atoms with Gasteiger partial charge in [-0.25, -0.2) is 13.1 Å². The van der Waals surface area contributed by atoms with Gasteiger partial charge in [-0.05, 0) is 30.3 Å². The van der Waals surface area contributed by atoms with Crippen LogP contribution in [0.25, 0.3) is 0 Å². The van der Waals surface area contributed by atoms with Gasteiger partial charge in [0, 0.05) is 18.3 Å². The Balaban J connectivity index is 2.11. The molecule has 1 amide bonds. The topological polar surface area (TPSA) is 88.2 Å². The van der Waals surface area contributed by atoms with Crippen LogP contribution in [0.2, 0.25) is 0 Å². The van der Waals surface area contributed by atoms with Gasteiger partial charge in [0.25, 0.3) is 5.91 Å². The average Bonchev–Trinajstić information content (AvgIpc) is 2.53. The Kier molecular flexibility index (Phi) is 5.24. The second-order valence-corrected chi connectivity index (χ2v) is 6.30. The van der Waals surface area contributed by atoms with Gasteiger partial charge in [-0.3, -0.25) is 9.78 Å². The molecular formula is C15H17N3O3S. The third-order valence-corrected chi connectivity index (χ3v) is 4.44. The van der Waals surface area contributed by atoms with Crippen molar-refractivity contribution in [1.82, 2.24) is 15.0 Å². The first kappa shape index (κ1) is 16.1. The predicted octanol–water partition coefficient (Wildman–Crippen LogP) is 1.31. The zero-order valence-electron chi connectivity index (χ0n) is 12.1. The maximum Gasteiger partial charge on any atom is 0.251 e. The highest BCUT2D eigenvalue weighted by molar-refractivity contribution is 7.89. The molecule has 1 heterocycles. The summed E-state index contributed by atoms with van der Waals surface area (Å²) in [4.78, 5) is 16.3. The van der Waals surface area contributed by atoms with E-state index in [9.17, 15) is 13.2 Å². The number of carbonyl (C=O) groups is 1. The van der Waals surface area contributed by atoms with Crippen molar-refractivity contribution >= 4 is 15.9 Å². The summed E-state index contributed by atoms with van der Waals surface area (Å²) in [6, 6.07) is 11.3. The van der Waals surface area contributed by atoms with Crippen molar-refractivity contribution in [3.63, 3.8) is 0 Å². The molecule has 116 valence electrons. The van der Waals surface area contributed by atoms with Crippen LogP contribution in [0.1, 0.15) is 23.0 Å². The highest BCUT2D eigenvalue weighted by Gasteiger charge is 2.15. The van der Waals surface area contributed by atoms with Crippen molar-refractivity contribution in [3.8, 4) is 0 Å². The van der Waals surface area contributed by atoms with E-state index < -0.39 is 10.0 Å². The molecule has 7 heteroatoms. The number of rotatable bonds is 6. The number of hydrogen-bond acceptors (Lipinski definition) is 4. The highest BCUT2D eigenvalue weighted by Crippen LogP contribution is 2.11. The van der Waals surface area contributed by atoms with E-state index in [-0.39, 0.29) is 22.9 Å². The van der Waals surface area contributed by atoms with Gasteiger partial charge in [-0.2, -0.15) is 0 Å². The minimum Gasteiger partial charge on any atom is -0.346 e. The molecule has 6 nitrogen and oxygen atoms in total. The van der Waals surface area contributed by atoms with Gasteiger partial charge >= 0.3 is 0 Å². The largest absolute Gasteiger partial charge is 0.346 e. The number of aromatic nitrogens is 1. The molecule has 0 saturated heterocycles. The van der Waals surface area contributed by atoms with Crippen molar-refractivity contribution in [2.75, 3.05) is 6.54 Å². The highest BCUT2D eigenvalue weighted by atomic mass is 32.2. The standard InChI is InChI=1S/C15H17N3O3S/c1-2-18-22(20,21)14-8-5-6-12(10-14)15(19)17-11-13-7-3-4-9-16-13/h3-10,18H,2,11H2,1H3,(H,17,19). The van der Waals surface area contributed by atoms with Crippen molar-refractivity contribution in [1.29, 1.82) is 0 Å². The monoisotopic (exact) mass is 319 g/mol. The minimum absolute atomic E-state index is 0.0693. The quantitative estimate of drug-likeness (QED) is 0.840. The Bertz CT molecular complexity index is 746. The number of amides is 1. The molecule has 0 aliphatic carbocycles. The Morgan fingerprint density at radius 3 is 2.68 bits per heavy atom. The molecule has 1 aromatic carbocycles. The summed E-state index contributed by atoms with van der Waals surface area (Å²) in [6.45, 7) is 2.27. The van der Waals surface area contributed by atoms with Crippen molar-refractivity contribution in [2.45, 2.75) is 18.4 Å². The van der Waals surface area contributed by atoms with E-state index in [1.165, 1.54) is 12.1 Å². The molecule has 0 saturated carbocycles. The third kappa shape index (κ3) is 4.12. The number of carbonyl (C=O) groups excluding carboxylic acids is 1. The van der Waals surface area contributed by atoms with E-state index in [0.29, 0.717) is 6.54 Å². The molecule has 2 rings (SSSR count). The summed E-state index contributed by atoms with van der Waals surface area (Å²) in [5, 5.41) is 2.71. The molecular weight excluding hydrogens is 302 g/mol. The number of sulfonamides is 1. The summed E-state index contributed by atoms with van der Waals surface area (Å²) in [6.07, 6.45) is 1.64. The first-order valence-corrected chi connectivity index (χ1v) is 8.29. The van der Waals surface area contributed by atoms with Crippen LogP contribution in [0, 0.1) is 0 Å². The number of benzene rings is 1. The van der Waals surface area contributed by atoms with Gasteiger partial charge in [0.05, 0.1) is 17.1 Å². The second kappa shape index (κ2) is 7.15. The molecule has 2 N–H and O–H groups in total. The summed E-state index contributed by atoms with van der Waals surface area (Å²) < 4.78 is 26.3. The second-order valence-electron chi connectivity index (χ2n) is 4.53. The maximum absolute atomic E-state index is 12.1. The summed E-state index contributed by atoms with van der Waals surface area (Å²) in [7, 11) is -3.58. The maximum atomic E-state index is 12.1. The van der Waals surface area contributed by atoms with Gasteiger partial charge in [0.1, 0.15) is 0 Å². The lowest BCUT2D eigenvalue weighted by Crippen LogP contribution is -2.25. The van der Waals surface area contributed by atoms with E-state index in [2.05, 4.69) is 15.0 Å². The Hall–Kier alpha value is -2.25. The zero-order valence-corrected chi connectivity index (χ0v) is 12.9. The van der Waals surface area contributed by atoms with Crippen LogP contribution in [0.4, 0.5) is 0 Å². The number of nitrogens with zero attached hydrogens (tertiary/aromatic N) is 1. The summed E-state index contributed by atoms with van der Waals surface area (Å²) in [5.41, 5.74) is 1.02. The average molecular weight is 319 g/mol. The van der Waals surface area contributed by atoms with E-state index in [0.717, 1.165) is 5.69 Å². The molecule has 2 aromatic rings. The van der Waals surface area contributed by atoms with Crippen LogP contribution in [0.3, 0.4) is 0 Å². The number of hydrogen-bond donors (Lipinski definition) is 2. The summed E-state index contributed by atoms with van der Waals surface area (Å²) in [5.74, 6) is -0.348. The Morgan fingerprint density at radius 2 is 2.00 bits per heavy atom. The first-order valence-electron chi connectivity index (χ1n) is 6.81. The lowest BCUT2D eigenvalue weighted by molar-refractivity contribution is 0.0950. The van der Waals surface area contributed by atoms with Crippen LogP contribution in [-0.2, 0) is 16.6 Å². The fraction of sp³-hybridized carbons (Fsp3) is 0.200. The number of pyridine rings is 1. The third-order valence-electron chi connectivity index (χ3n) is 2.90. The van der Waals surface area contributed by atoms with E-state index >= 15 is 0 Å². The molecule has 22 heavy (non-hydrogen) atoms. The van der Waals surface area contributed by atoms with Crippen LogP contribution in [-0.4, -0.2) is 25.9 Å². The zero-order chi connectivity index (χ0) is 16.0. The van der Waals surface area contributed by atoms with Gasteiger partial charge in [-0.1, -0.05) is 19.1 Å². The Morgan fingerprint density at radius 1 is 1.18 bits per heavy atom. The summed E-state index contributed by atoms with van der Waals surface area (Å²) >= 11 is 0. The van der Waals surface area contributed by atoms with Gasteiger partial charge in [0.2, 0.25) is 10.0 Å². The fourth-order valence-corrected chi connectivity index (χ4v) is 2.94. The van der Waals surface area contributed by atoms with Gasteiger partial charge in [-0.15, -0.1) is 0 Å². The molecule has 0 aliphatic rings. The minimum atomic E-state index is -3.58. The van der Waals surface area contributed by atoms with Crippen LogP contribution in [0.5, 0.6) is 0 Å². The van der Waals surface area contributed by atoms with Crippen molar-refractivity contribution < 1.29 is 13.2 Å². The first-order chi connectivity index (χ1) is 10.5. The van der Waals surface area contributed by atoms with Crippen molar-refractivity contribution in [2.24, 2.45) is 0 Å². The molecule has 0 radical (unpaired) electrons. The molecule has 0 fully saturated rings. The van der Waals surface area contributed by atoms with Crippen LogP contribution < -0.4 is 10.0 Å². The van der Waals surface area contributed by atoms with Gasteiger partial charge < -0.3 is 5.32 Å². The SMILES string of the molecule is CCNS(=O)(=O)c1cccc(C(=O)NCc2ccccn2)c1. The van der Waals surface area contributed by atoms with E-state index in [1.807, 2.05) is 6.07 Å². The van der Waals surface area contributed by atoms with Gasteiger partial charge in [0.15, 0.2) is 0 Å². The number of nitrogens with one attached hydrogen (secondary N) is 2. The molecule has 1 aromatic heterocycles. The smallest absolute Gasteiger partial charge is 0.251 e. The molecule has 0 aliphatic heterocycles. The lowest BCUT2D eigenvalue weighted by Gasteiger charge is -2.08. The lowest BCUT2D eigenvalue weighted by atomic mass is 10.2. The van der Waals surface area contributed by atoms with Crippen LogP contribution >= 0.6 is 0 Å². The van der Waals surface area contributed by atoms with E-state index in [4.69, 9.17) is 0 Å². The van der Waals surface area contributed by atoms with E-state index in [1.54, 1.807) is 37.4 Å². The molecule has 0 unspecified atom stereocenters. The molecule has 0 atom stereocenters. The normalized spacial score (nSPS) is 11.1. The fourth-order valence-electron chi connectivity index (χ4n) is 1.85. The predicted molar refractivity (Wildman–Crippen MR) is 82.7 cm³/mol. The van der Waals surface area contributed by atoms with Crippen molar-refractivity contribution in [3.05, 3.63) is 59.9 Å². The van der Waals surface area contributed by atoms with Crippen LogP contribution in [0.15, 0.2) is 53.6 Å². The molecule has 0 bridgehead atoms. The molecule has 0 spiro atoms. The Labute approximate surface area is 129 Å².